The SMILES string of the molecule is C[N+](C)(C)c1ccc(CNC(=O)c2cc3c(OCc4ccccc4)cccc3n2Cc2cccc(C#N)c2)cc1. The minimum atomic E-state index is -0.169. The molecule has 1 aromatic heterocycles. The van der Waals surface area contributed by atoms with E-state index >= 15 is 0 Å². The molecule has 6 nitrogen and oxygen atoms in total. The fourth-order valence-corrected chi connectivity index (χ4v) is 4.73. The van der Waals surface area contributed by atoms with Gasteiger partial charge in [-0.25, -0.2) is 0 Å². The number of carbonyl (C=O) groups excluding carboxylic acids is 1. The highest BCUT2D eigenvalue weighted by atomic mass is 16.5. The van der Waals surface area contributed by atoms with Gasteiger partial charge in [0.2, 0.25) is 0 Å². The van der Waals surface area contributed by atoms with Gasteiger partial charge in [-0.15, -0.1) is 0 Å². The molecule has 0 aliphatic rings. The number of nitrogens with zero attached hydrogens (tertiary/aromatic N) is 3. The van der Waals surface area contributed by atoms with Gasteiger partial charge in [0.1, 0.15) is 23.7 Å². The number of nitrogens with one attached hydrogen (secondary N) is 1. The maximum Gasteiger partial charge on any atom is 0.268 e. The maximum absolute atomic E-state index is 13.6. The summed E-state index contributed by atoms with van der Waals surface area (Å²) in [5.74, 6) is 0.549. The van der Waals surface area contributed by atoms with Gasteiger partial charge in [-0.2, -0.15) is 5.26 Å². The van der Waals surface area contributed by atoms with Crippen molar-refractivity contribution in [1.29, 1.82) is 5.26 Å². The molecule has 5 rings (SSSR count). The molecule has 40 heavy (non-hydrogen) atoms. The van der Waals surface area contributed by atoms with Gasteiger partial charge in [-0.05, 0) is 59.2 Å². The Balaban J connectivity index is 1.46. The normalized spacial score (nSPS) is 11.2. The Labute approximate surface area is 235 Å². The van der Waals surface area contributed by atoms with Crippen LogP contribution in [0.25, 0.3) is 10.9 Å². The lowest BCUT2D eigenvalue weighted by Gasteiger charge is -2.23. The molecule has 1 heterocycles. The van der Waals surface area contributed by atoms with E-state index < -0.39 is 0 Å². The molecule has 0 atom stereocenters. The molecule has 6 heteroatoms. The zero-order chi connectivity index (χ0) is 28.1. The van der Waals surface area contributed by atoms with E-state index in [9.17, 15) is 10.1 Å². The topological polar surface area (TPSA) is 67.0 Å². The van der Waals surface area contributed by atoms with Crippen molar-refractivity contribution in [2.75, 3.05) is 21.1 Å². The Morgan fingerprint density at radius 1 is 0.850 bits per heavy atom. The maximum atomic E-state index is 13.6. The van der Waals surface area contributed by atoms with Crippen LogP contribution in [0.4, 0.5) is 5.69 Å². The zero-order valence-corrected chi connectivity index (χ0v) is 23.1. The predicted octanol–water partition coefficient (Wildman–Crippen LogP) is 6.27. The second-order valence-corrected chi connectivity index (χ2v) is 10.8. The van der Waals surface area contributed by atoms with Gasteiger partial charge in [0, 0.05) is 18.5 Å². The first-order valence-electron chi connectivity index (χ1n) is 13.3. The van der Waals surface area contributed by atoms with Crippen molar-refractivity contribution in [3.8, 4) is 11.8 Å². The number of aromatic nitrogens is 1. The van der Waals surface area contributed by atoms with E-state index in [2.05, 4.69) is 56.8 Å². The van der Waals surface area contributed by atoms with Crippen LogP contribution in [0.15, 0.2) is 103 Å². The molecule has 0 saturated heterocycles. The van der Waals surface area contributed by atoms with Crippen LogP contribution < -0.4 is 14.5 Å². The molecule has 0 spiro atoms. The molecular formula is C34H33N4O2+. The van der Waals surface area contributed by atoms with E-state index in [-0.39, 0.29) is 5.91 Å². The fourth-order valence-electron chi connectivity index (χ4n) is 4.73. The summed E-state index contributed by atoms with van der Waals surface area (Å²) in [6, 6.07) is 35.8. The minimum Gasteiger partial charge on any atom is -0.488 e. The molecular weight excluding hydrogens is 496 g/mol. The smallest absolute Gasteiger partial charge is 0.268 e. The number of carbonyl (C=O) groups is 1. The first-order valence-corrected chi connectivity index (χ1v) is 13.3. The third-order valence-corrected chi connectivity index (χ3v) is 6.94. The summed E-state index contributed by atoms with van der Waals surface area (Å²) in [7, 11) is 6.37. The largest absolute Gasteiger partial charge is 0.488 e. The number of amides is 1. The number of quaternary nitrogens is 1. The summed E-state index contributed by atoms with van der Waals surface area (Å²) in [4.78, 5) is 13.6. The second-order valence-electron chi connectivity index (χ2n) is 10.8. The zero-order valence-electron chi connectivity index (χ0n) is 23.1. The highest BCUT2D eigenvalue weighted by Crippen LogP contribution is 2.31. The molecule has 4 aromatic carbocycles. The van der Waals surface area contributed by atoms with Crippen LogP contribution in [0, 0.1) is 11.3 Å². The third-order valence-electron chi connectivity index (χ3n) is 6.94. The Bertz CT molecular complexity index is 1670. The first kappa shape index (κ1) is 26.7. The Kier molecular flexibility index (Phi) is 7.68. The van der Waals surface area contributed by atoms with Gasteiger partial charge in [-0.3, -0.25) is 9.28 Å². The second kappa shape index (κ2) is 11.5. The van der Waals surface area contributed by atoms with Crippen molar-refractivity contribution in [2.45, 2.75) is 19.7 Å². The van der Waals surface area contributed by atoms with Crippen molar-refractivity contribution < 1.29 is 9.53 Å². The van der Waals surface area contributed by atoms with E-state index in [1.807, 2.05) is 77.4 Å². The molecule has 0 aliphatic carbocycles. The van der Waals surface area contributed by atoms with Crippen LogP contribution in [0.3, 0.4) is 0 Å². The summed E-state index contributed by atoms with van der Waals surface area (Å²) in [5.41, 5.74) is 6.25. The molecule has 0 bridgehead atoms. The fraction of sp³-hybridized carbons (Fsp3) is 0.176. The summed E-state index contributed by atoms with van der Waals surface area (Å²) in [6.45, 7) is 1.29. The number of ether oxygens (including phenoxy) is 1. The number of hydrogen-bond acceptors (Lipinski definition) is 3. The molecule has 0 saturated carbocycles. The molecule has 5 aromatic rings. The molecule has 200 valence electrons. The summed E-state index contributed by atoms with van der Waals surface area (Å²) >= 11 is 0. The summed E-state index contributed by atoms with van der Waals surface area (Å²) in [6.07, 6.45) is 0. The quantitative estimate of drug-likeness (QED) is 0.229. The van der Waals surface area contributed by atoms with E-state index in [0.717, 1.165) is 37.8 Å². The van der Waals surface area contributed by atoms with E-state index in [1.54, 1.807) is 6.07 Å². The molecule has 1 amide bonds. The minimum absolute atomic E-state index is 0.169. The van der Waals surface area contributed by atoms with Crippen LogP contribution >= 0.6 is 0 Å². The number of fused-ring (bicyclic) bond motifs is 1. The molecule has 0 fully saturated rings. The summed E-state index contributed by atoms with van der Waals surface area (Å²) < 4.78 is 8.95. The van der Waals surface area contributed by atoms with Crippen molar-refractivity contribution in [1.82, 2.24) is 14.4 Å². The molecule has 0 aliphatic heterocycles. The Morgan fingerprint density at radius 2 is 1.57 bits per heavy atom. The van der Waals surface area contributed by atoms with Crippen LogP contribution in [0.5, 0.6) is 5.75 Å². The van der Waals surface area contributed by atoms with Crippen LogP contribution in [-0.4, -0.2) is 31.6 Å². The average molecular weight is 530 g/mol. The number of rotatable bonds is 9. The Hall–Kier alpha value is -4.86. The number of hydrogen-bond donors (Lipinski definition) is 1. The van der Waals surface area contributed by atoms with Crippen molar-refractivity contribution in [2.24, 2.45) is 0 Å². The van der Waals surface area contributed by atoms with Gasteiger partial charge in [-0.1, -0.05) is 60.7 Å². The molecule has 0 unspecified atom stereocenters. The molecule has 1 N–H and O–H groups in total. The van der Waals surface area contributed by atoms with Crippen molar-refractivity contribution in [3.05, 3.63) is 131 Å². The third kappa shape index (κ3) is 6.06. The van der Waals surface area contributed by atoms with Crippen LogP contribution in [0.2, 0.25) is 0 Å². The van der Waals surface area contributed by atoms with Crippen molar-refractivity contribution in [3.63, 3.8) is 0 Å². The van der Waals surface area contributed by atoms with E-state index in [4.69, 9.17) is 4.74 Å². The van der Waals surface area contributed by atoms with E-state index in [1.165, 1.54) is 5.69 Å². The van der Waals surface area contributed by atoms with Gasteiger partial charge >= 0.3 is 0 Å². The summed E-state index contributed by atoms with van der Waals surface area (Å²) in [5, 5.41) is 13.4. The highest BCUT2D eigenvalue weighted by molar-refractivity contribution is 6.00. The number of nitriles is 1. The van der Waals surface area contributed by atoms with Crippen molar-refractivity contribution >= 4 is 22.5 Å². The highest BCUT2D eigenvalue weighted by Gasteiger charge is 2.19. The molecule has 0 radical (unpaired) electrons. The number of benzene rings is 4. The lowest BCUT2D eigenvalue weighted by molar-refractivity contribution is 0.0942. The van der Waals surface area contributed by atoms with Crippen LogP contribution in [0.1, 0.15) is 32.7 Å². The van der Waals surface area contributed by atoms with Crippen LogP contribution in [-0.2, 0) is 19.7 Å². The van der Waals surface area contributed by atoms with Gasteiger partial charge in [0.15, 0.2) is 0 Å². The lowest BCUT2D eigenvalue weighted by atomic mass is 10.1. The monoisotopic (exact) mass is 529 g/mol. The standard InChI is InChI=1S/C34H32N4O2/c1-38(2,3)29-17-15-25(16-18-29)22-36-34(39)32-20-30-31(37(32)23-28-12-7-11-27(19-28)21-35)13-8-14-33(30)40-24-26-9-5-4-6-10-26/h4-20H,22-24H2,1-3H3/p+1. The van der Waals surface area contributed by atoms with Gasteiger partial charge < -0.3 is 14.6 Å². The van der Waals surface area contributed by atoms with Gasteiger partial charge in [0.25, 0.3) is 5.91 Å². The first-order chi connectivity index (χ1) is 19.3. The average Bonchev–Trinajstić information content (AvgIpc) is 3.34. The van der Waals surface area contributed by atoms with E-state index in [0.29, 0.717) is 31.0 Å². The predicted molar refractivity (Wildman–Crippen MR) is 160 cm³/mol. The lowest BCUT2D eigenvalue weighted by Crippen LogP contribution is -2.34. The van der Waals surface area contributed by atoms with Gasteiger partial charge in [0.05, 0.1) is 38.3 Å². The Morgan fingerprint density at radius 3 is 2.30 bits per heavy atom.